The molecule has 1 aromatic rings. The molecule has 0 amide bonds. The normalized spacial score (nSPS) is 9.75. The van der Waals surface area contributed by atoms with Crippen LogP contribution in [0.2, 0.25) is 0 Å². The van der Waals surface area contributed by atoms with Gasteiger partial charge < -0.3 is 14.2 Å². The second-order valence-electron chi connectivity index (χ2n) is 2.88. The van der Waals surface area contributed by atoms with E-state index in [2.05, 4.69) is 0 Å². The van der Waals surface area contributed by atoms with Gasteiger partial charge in [-0.3, -0.25) is 0 Å². The van der Waals surface area contributed by atoms with E-state index >= 15 is 0 Å². The Balaban J connectivity index is 3.18. The van der Waals surface area contributed by atoms with Crippen LogP contribution in [0.5, 0.6) is 11.5 Å². The molecule has 16 heavy (non-hydrogen) atoms. The molecule has 0 heterocycles. The number of hydrogen-bond acceptors (Lipinski definition) is 4. The number of hydrogen-bond donors (Lipinski definition) is 0. The molecule has 0 N–H and O–H groups in total. The molecule has 4 nitrogen and oxygen atoms in total. The summed E-state index contributed by atoms with van der Waals surface area (Å²) in [6.45, 7) is 1.84. The van der Waals surface area contributed by atoms with Crippen molar-refractivity contribution in [3.05, 3.63) is 23.5 Å². The first-order valence-electron chi connectivity index (χ1n) is 4.73. The van der Waals surface area contributed by atoms with Crippen LogP contribution in [0, 0.1) is 5.82 Å². The first-order chi connectivity index (χ1) is 7.65. The summed E-state index contributed by atoms with van der Waals surface area (Å²) in [6, 6.07) is 2.75. The Morgan fingerprint density at radius 1 is 1.31 bits per heavy atom. The van der Waals surface area contributed by atoms with E-state index in [-0.39, 0.29) is 23.7 Å². The average Bonchev–Trinajstić information content (AvgIpc) is 2.28. The standard InChI is InChI=1S/C11H13FO4/c1-4-16-11(13)7-5-6-8(14-2)10(15-3)9(7)12/h5-6H,4H2,1-3H3. The van der Waals surface area contributed by atoms with Gasteiger partial charge in [0, 0.05) is 0 Å². The molecule has 1 aromatic carbocycles. The lowest BCUT2D eigenvalue weighted by Crippen LogP contribution is -2.08. The predicted octanol–water partition coefficient (Wildman–Crippen LogP) is 2.02. The number of carbonyl (C=O) groups excluding carboxylic acids is 1. The van der Waals surface area contributed by atoms with Crippen molar-refractivity contribution < 1.29 is 23.4 Å². The molecule has 1 rings (SSSR count). The van der Waals surface area contributed by atoms with E-state index in [1.807, 2.05) is 0 Å². The Labute approximate surface area is 92.9 Å². The largest absolute Gasteiger partial charge is 0.493 e. The summed E-state index contributed by atoms with van der Waals surface area (Å²) in [5.41, 5.74) is -0.167. The molecule has 0 radical (unpaired) electrons. The molecule has 0 bridgehead atoms. The first-order valence-corrected chi connectivity index (χ1v) is 4.73. The van der Waals surface area contributed by atoms with Gasteiger partial charge in [-0.2, -0.15) is 0 Å². The summed E-state index contributed by atoms with van der Waals surface area (Å²) in [5.74, 6) is -1.37. The van der Waals surface area contributed by atoms with Gasteiger partial charge >= 0.3 is 5.97 Å². The third-order valence-electron chi connectivity index (χ3n) is 1.98. The van der Waals surface area contributed by atoms with Gasteiger partial charge in [0.1, 0.15) is 0 Å². The SMILES string of the molecule is CCOC(=O)c1ccc(OC)c(OC)c1F. The van der Waals surface area contributed by atoms with E-state index in [4.69, 9.17) is 14.2 Å². The topological polar surface area (TPSA) is 44.8 Å². The van der Waals surface area contributed by atoms with Crippen LogP contribution in [0.1, 0.15) is 17.3 Å². The van der Waals surface area contributed by atoms with Crippen molar-refractivity contribution in [3.63, 3.8) is 0 Å². The van der Waals surface area contributed by atoms with Gasteiger partial charge in [0.25, 0.3) is 0 Å². The summed E-state index contributed by atoms with van der Waals surface area (Å²) in [7, 11) is 2.69. The number of halogens is 1. The zero-order valence-electron chi connectivity index (χ0n) is 9.37. The first kappa shape index (κ1) is 12.3. The van der Waals surface area contributed by atoms with Crippen LogP contribution in [0.25, 0.3) is 0 Å². The Hall–Kier alpha value is -1.78. The van der Waals surface area contributed by atoms with Crippen LogP contribution in [0.15, 0.2) is 12.1 Å². The van der Waals surface area contributed by atoms with Crippen molar-refractivity contribution in [2.45, 2.75) is 6.92 Å². The maximum Gasteiger partial charge on any atom is 0.341 e. The van der Waals surface area contributed by atoms with Crippen LogP contribution >= 0.6 is 0 Å². The fourth-order valence-electron chi connectivity index (χ4n) is 1.26. The molecule has 0 aliphatic rings. The van der Waals surface area contributed by atoms with E-state index < -0.39 is 11.8 Å². The van der Waals surface area contributed by atoms with E-state index in [0.717, 1.165) is 0 Å². The smallest absolute Gasteiger partial charge is 0.341 e. The highest BCUT2D eigenvalue weighted by atomic mass is 19.1. The third-order valence-corrected chi connectivity index (χ3v) is 1.98. The van der Waals surface area contributed by atoms with Crippen molar-refractivity contribution in [2.24, 2.45) is 0 Å². The molecule has 0 aliphatic heterocycles. The Morgan fingerprint density at radius 3 is 2.50 bits per heavy atom. The van der Waals surface area contributed by atoms with Crippen LogP contribution < -0.4 is 9.47 Å². The molecule has 5 heteroatoms. The average molecular weight is 228 g/mol. The zero-order chi connectivity index (χ0) is 12.1. The monoisotopic (exact) mass is 228 g/mol. The minimum Gasteiger partial charge on any atom is -0.493 e. The molecule has 0 spiro atoms. The van der Waals surface area contributed by atoms with Crippen molar-refractivity contribution >= 4 is 5.97 Å². The van der Waals surface area contributed by atoms with Gasteiger partial charge in [0.05, 0.1) is 26.4 Å². The molecule has 0 aliphatic carbocycles. The zero-order valence-corrected chi connectivity index (χ0v) is 9.37. The van der Waals surface area contributed by atoms with Crippen LogP contribution in [0.4, 0.5) is 4.39 Å². The molecule has 0 fully saturated rings. The second kappa shape index (κ2) is 5.34. The van der Waals surface area contributed by atoms with Crippen molar-refractivity contribution in [3.8, 4) is 11.5 Å². The summed E-state index contributed by atoms with van der Waals surface area (Å²) in [6.07, 6.45) is 0. The Kier molecular flexibility index (Phi) is 4.10. The summed E-state index contributed by atoms with van der Waals surface area (Å²) < 4.78 is 28.2. The van der Waals surface area contributed by atoms with E-state index in [0.29, 0.717) is 0 Å². The Bertz CT molecular complexity index is 390. The number of benzene rings is 1. The third kappa shape index (κ3) is 2.24. The fraction of sp³-hybridized carbons (Fsp3) is 0.364. The molecule has 0 saturated heterocycles. The van der Waals surface area contributed by atoms with Gasteiger partial charge in [0.2, 0.25) is 0 Å². The van der Waals surface area contributed by atoms with Crippen molar-refractivity contribution in [2.75, 3.05) is 20.8 Å². The molecular formula is C11H13FO4. The van der Waals surface area contributed by atoms with Gasteiger partial charge in [-0.15, -0.1) is 0 Å². The van der Waals surface area contributed by atoms with E-state index in [1.165, 1.54) is 26.4 Å². The molecule has 0 unspecified atom stereocenters. The number of rotatable bonds is 4. The minimum absolute atomic E-state index is 0.104. The van der Waals surface area contributed by atoms with Gasteiger partial charge in [-0.25, -0.2) is 9.18 Å². The maximum absolute atomic E-state index is 13.8. The molecular weight excluding hydrogens is 215 g/mol. The summed E-state index contributed by atoms with van der Waals surface area (Å²) in [5, 5.41) is 0. The van der Waals surface area contributed by atoms with Crippen LogP contribution in [0.3, 0.4) is 0 Å². The lowest BCUT2D eigenvalue weighted by molar-refractivity contribution is 0.0520. The van der Waals surface area contributed by atoms with E-state index in [9.17, 15) is 9.18 Å². The number of esters is 1. The summed E-state index contributed by atoms with van der Waals surface area (Å²) in [4.78, 5) is 11.4. The molecule has 0 saturated carbocycles. The van der Waals surface area contributed by atoms with Gasteiger partial charge in [-0.05, 0) is 19.1 Å². The quantitative estimate of drug-likeness (QED) is 0.739. The molecule has 88 valence electrons. The number of ether oxygens (including phenoxy) is 3. The van der Waals surface area contributed by atoms with Crippen LogP contribution in [-0.2, 0) is 4.74 Å². The highest BCUT2D eigenvalue weighted by molar-refractivity contribution is 5.90. The Morgan fingerprint density at radius 2 is 2.00 bits per heavy atom. The highest BCUT2D eigenvalue weighted by Gasteiger charge is 2.20. The predicted molar refractivity (Wildman–Crippen MR) is 55.5 cm³/mol. The highest BCUT2D eigenvalue weighted by Crippen LogP contribution is 2.32. The number of carbonyl (C=O) groups is 1. The molecule has 0 aromatic heterocycles. The van der Waals surface area contributed by atoms with E-state index in [1.54, 1.807) is 6.92 Å². The lowest BCUT2D eigenvalue weighted by Gasteiger charge is -2.10. The van der Waals surface area contributed by atoms with Crippen molar-refractivity contribution in [1.82, 2.24) is 0 Å². The molecule has 0 atom stereocenters. The fourth-order valence-corrected chi connectivity index (χ4v) is 1.26. The van der Waals surface area contributed by atoms with Gasteiger partial charge in [0.15, 0.2) is 17.3 Å². The maximum atomic E-state index is 13.8. The van der Waals surface area contributed by atoms with Crippen LogP contribution in [-0.4, -0.2) is 26.8 Å². The van der Waals surface area contributed by atoms with Crippen molar-refractivity contribution in [1.29, 1.82) is 0 Å². The summed E-state index contributed by atoms with van der Waals surface area (Å²) >= 11 is 0. The lowest BCUT2D eigenvalue weighted by atomic mass is 10.2. The van der Waals surface area contributed by atoms with Gasteiger partial charge in [-0.1, -0.05) is 0 Å². The second-order valence-corrected chi connectivity index (χ2v) is 2.88. The minimum atomic E-state index is -0.778. The number of methoxy groups -OCH3 is 2.